The Balaban J connectivity index is 1.70. The average molecular weight is 453 g/mol. The molecule has 2 aromatic heterocycles. The highest BCUT2D eigenvalue weighted by molar-refractivity contribution is 7.09. The minimum absolute atomic E-state index is 0.0985. The van der Waals surface area contributed by atoms with E-state index in [2.05, 4.69) is 20.9 Å². The summed E-state index contributed by atoms with van der Waals surface area (Å²) < 4.78 is 12.5. The van der Waals surface area contributed by atoms with Gasteiger partial charge >= 0.3 is 12.1 Å². The fraction of sp³-hybridized carbons (Fsp3) is 0.391. The van der Waals surface area contributed by atoms with E-state index in [-0.39, 0.29) is 18.8 Å². The Hall–Kier alpha value is -3.38. The highest BCUT2D eigenvalue weighted by atomic mass is 32.1. The van der Waals surface area contributed by atoms with Crippen LogP contribution >= 0.6 is 11.3 Å². The van der Waals surface area contributed by atoms with Crippen molar-refractivity contribution >= 4 is 34.3 Å². The number of aromatic nitrogens is 2. The normalized spacial score (nSPS) is 14.9. The van der Waals surface area contributed by atoms with E-state index in [1.807, 2.05) is 26.0 Å². The molecule has 2 heterocycles. The van der Waals surface area contributed by atoms with Gasteiger partial charge in [0.25, 0.3) is 0 Å². The van der Waals surface area contributed by atoms with Crippen LogP contribution < -0.4 is 5.32 Å². The molecule has 1 aromatic carbocycles. The van der Waals surface area contributed by atoms with E-state index in [9.17, 15) is 14.9 Å². The molecule has 0 aliphatic heterocycles. The molecule has 166 valence electrons. The fourth-order valence-corrected chi connectivity index (χ4v) is 4.89. The zero-order chi connectivity index (χ0) is 22.8. The van der Waals surface area contributed by atoms with Crippen molar-refractivity contribution in [1.29, 1.82) is 5.26 Å². The summed E-state index contributed by atoms with van der Waals surface area (Å²) in [6, 6.07) is 7.72. The summed E-state index contributed by atoms with van der Waals surface area (Å²) in [6.07, 6.45) is 0.649. The number of carbonyl (C=O) groups is 2. The number of ether oxygens (including phenoxy) is 2. The average Bonchev–Trinajstić information content (AvgIpc) is 3.43. The van der Waals surface area contributed by atoms with Gasteiger partial charge in [-0.15, -0.1) is 11.3 Å². The van der Waals surface area contributed by atoms with Crippen LogP contribution in [0.2, 0.25) is 0 Å². The van der Waals surface area contributed by atoms with Crippen LogP contribution in [-0.4, -0.2) is 40.4 Å². The van der Waals surface area contributed by atoms with Crippen LogP contribution in [0.4, 0.5) is 4.79 Å². The van der Waals surface area contributed by atoms with Crippen molar-refractivity contribution in [2.24, 2.45) is 0 Å². The number of esters is 1. The monoisotopic (exact) mass is 452 g/mol. The summed E-state index contributed by atoms with van der Waals surface area (Å²) in [6.45, 7) is 6.13. The van der Waals surface area contributed by atoms with Gasteiger partial charge in [-0.05, 0) is 51.0 Å². The maximum atomic E-state index is 12.3. The van der Waals surface area contributed by atoms with E-state index < -0.39 is 12.1 Å². The van der Waals surface area contributed by atoms with Gasteiger partial charge < -0.3 is 19.4 Å². The number of fused-ring (bicyclic) bond motifs is 3. The van der Waals surface area contributed by atoms with Gasteiger partial charge in [0.2, 0.25) is 0 Å². The van der Waals surface area contributed by atoms with Crippen molar-refractivity contribution in [3.05, 3.63) is 51.1 Å². The SMILES string of the molecule is CCOC(=O)c1ncsc1Cn1c2c(c3cc(C#N)ccc31)C[C@H](NC(=O)OC(C)C)C2. The second-order valence-corrected chi connectivity index (χ2v) is 8.84. The summed E-state index contributed by atoms with van der Waals surface area (Å²) in [5.74, 6) is -0.431. The maximum absolute atomic E-state index is 12.3. The zero-order valence-electron chi connectivity index (χ0n) is 18.2. The molecular weight excluding hydrogens is 428 g/mol. The predicted molar refractivity (Wildman–Crippen MR) is 120 cm³/mol. The predicted octanol–water partition coefficient (Wildman–Crippen LogP) is 3.80. The number of nitrogens with zero attached hydrogens (tertiary/aromatic N) is 3. The first kappa shape index (κ1) is 21.8. The standard InChI is InChI=1S/C23H24N4O4S/c1-4-30-22(28)21-20(32-12-25-21)11-27-18-6-5-14(10-24)7-16(18)17-8-15(9-19(17)27)26-23(29)31-13(2)3/h5-7,12-13,15H,4,8-9,11H2,1-3H3,(H,26,29)/t15-/m0/s1. The van der Waals surface area contributed by atoms with Crippen molar-refractivity contribution in [3.8, 4) is 6.07 Å². The third-order valence-electron chi connectivity index (χ3n) is 5.38. The molecule has 1 N–H and O–H groups in total. The lowest BCUT2D eigenvalue weighted by Crippen LogP contribution is -2.37. The van der Waals surface area contributed by atoms with Crippen LogP contribution in [0.5, 0.6) is 0 Å². The van der Waals surface area contributed by atoms with Crippen LogP contribution in [0.3, 0.4) is 0 Å². The van der Waals surface area contributed by atoms with Gasteiger partial charge in [-0.3, -0.25) is 0 Å². The molecule has 0 unspecified atom stereocenters. The van der Waals surface area contributed by atoms with E-state index in [0.29, 0.717) is 30.6 Å². The number of nitriles is 1. The van der Waals surface area contributed by atoms with E-state index >= 15 is 0 Å². The van der Waals surface area contributed by atoms with Gasteiger partial charge in [0.1, 0.15) is 0 Å². The van der Waals surface area contributed by atoms with Crippen molar-refractivity contribution in [1.82, 2.24) is 14.9 Å². The van der Waals surface area contributed by atoms with Gasteiger partial charge in [-0.25, -0.2) is 14.6 Å². The number of carbonyl (C=O) groups excluding carboxylic acids is 2. The van der Waals surface area contributed by atoms with Gasteiger partial charge in [0.15, 0.2) is 5.69 Å². The highest BCUT2D eigenvalue weighted by Gasteiger charge is 2.31. The molecule has 0 fully saturated rings. The molecule has 1 aliphatic rings. The second kappa shape index (κ2) is 9.01. The number of alkyl carbamates (subject to hydrolysis) is 1. The number of hydrogen-bond acceptors (Lipinski definition) is 7. The fourth-order valence-electron chi connectivity index (χ4n) is 4.15. The lowest BCUT2D eigenvalue weighted by Gasteiger charge is -2.16. The number of thiazole rings is 1. The maximum Gasteiger partial charge on any atom is 0.407 e. The molecule has 4 rings (SSSR count). The Kier molecular flexibility index (Phi) is 6.15. The molecule has 3 aromatic rings. The molecule has 1 atom stereocenters. The lowest BCUT2D eigenvalue weighted by molar-refractivity contribution is 0.0519. The van der Waals surface area contributed by atoms with Crippen LogP contribution in [0.25, 0.3) is 10.9 Å². The van der Waals surface area contributed by atoms with Crippen molar-refractivity contribution in [2.45, 2.75) is 52.3 Å². The smallest absolute Gasteiger partial charge is 0.407 e. The molecule has 0 bridgehead atoms. The molecule has 1 aliphatic carbocycles. The summed E-state index contributed by atoms with van der Waals surface area (Å²) >= 11 is 1.41. The zero-order valence-corrected chi connectivity index (χ0v) is 19.0. The van der Waals surface area contributed by atoms with Crippen LogP contribution in [0.1, 0.15) is 53.0 Å². The van der Waals surface area contributed by atoms with Crippen molar-refractivity contribution < 1.29 is 19.1 Å². The Bertz CT molecular complexity index is 1220. The molecule has 0 spiro atoms. The van der Waals surface area contributed by atoms with E-state index in [1.165, 1.54) is 11.3 Å². The minimum atomic E-state index is -0.434. The molecule has 1 amide bonds. The molecular formula is C23H24N4O4S. The number of amides is 1. The lowest BCUT2D eigenvalue weighted by atomic mass is 10.1. The summed E-state index contributed by atoms with van der Waals surface area (Å²) in [4.78, 5) is 29.5. The second-order valence-electron chi connectivity index (χ2n) is 7.90. The van der Waals surface area contributed by atoms with E-state index in [4.69, 9.17) is 9.47 Å². The molecule has 8 nitrogen and oxygen atoms in total. The number of benzene rings is 1. The van der Waals surface area contributed by atoms with Gasteiger partial charge in [0, 0.05) is 29.1 Å². The third kappa shape index (κ3) is 4.18. The van der Waals surface area contributed by atoms with E-state index in [0.717, 1.165) is 27.0 Å². The van der Waals surface area contributed by atoms with Crippen molar-refractivity contribution in [3.63, 3.8) is 0 Å². The minimum Gasteiger partial charge on any atom is -0.461 e. The topological polar surface area (TPSA) is 106 Å². The highest BCUT2D eigenvalue weighted by Crippen LogP contribution is 2.35. The molecule has 0 radical (unpaired) electrons. The first-order valence-corrected chi connectivity index (χ1v) is 11.4. The van der Waals surface area contributed by atoms with Gasteiger partial charge in [-0.2, -0.15) is 5.26 Å². The first-order valence-electron chi connectivity index (χ1n) is 10.5. The summed E-state index contributed by atoms with van der Waals surface area (Å²) in [5.41, 5.74) is 5.73. The molecule has 9 heteroatoms. The largest absolute Gasteiger partial charge is 0.461 e. The molecule has 0 saturated carbocycles. The van der Waals surface area contributed by atoms with Gasteiger partial charge in [-0.1, -0.05) is 0 Å². The number of nitrogens with one attached hydrogen (secondary N) is 1. The Labute approximate surface area is 189 Å². The van der Waals surface area contributed by atoms with Crippen LogP contribution in [0.15, 0.2) is 23.7 Å². The summed E-state index contributed by atoms with van der Waals surface area (Å²) in [5, 5.41) is 13.3. The first-order chi connectivity index (χ1) is 15.4. The quantitative estimate of drug-likeness (QED) is 0.570. The van der Waals surface area contributed by atoms with Gasteiger partial charge in [0.05, 0.1) is 41.3 Å². The summed E-state index contributed by atoms with van der Waals surface area (Å²) in [7, 11) is 0. The number of rotatable bonds is 6. The Morgan fingerprint density at radius 2 is 2.19 bits per heavy atom. The van der Waals surface area contributed by atoms with Crippen LogP contribution in [0, 0.1) is 11.3 Å². The Morgan fingerprint density at radius 1 is 1.38 bits per heavy atom. The van der Waals surface area contributed by atoms with Crippen molar-refractivity contribution in [2.75, 3.05) is 6.61 Å². The third-order valence-corrected chi connectivity index (χ3v) is 6.20. The van der Waals surface area contributed by atoms with E-state index in [1.54, 1.807) is 18.5 Å². The molecule has 32 heavy (non-hydrogen) atoms. The Morgan fingerprint density at radius 3 is 2.91 bits per heavy atom. The molecule has 0 saturated heterocycles. The van der Waals surface area contributed by atoms with Crippen LogP contribution in [-0.2, 0) is 28.9 Å². The number of hydrogen-bond donors (Lipinski definition) is 1.